The highest BCUT2D eigenvalue weighted by Crippen LogP contribution is 2.44. The number of likely N-dealkylation sites (tertiary alicyclic amines) is 1. The number of imide groups is 1. The van der Waals surface area contributed by atoms with E-state index in [4.69, 9.17) is 16.3 Å². The van der Waals surface area contributed by atoms with E-state index in [1.807, 2.05) is 17.9 Å². The molecule has 6 rings (SSSR count). The van der Waals surface area contributed by atoms with E-state index in [1.54, 1.807) is 43.3 Å². The van der Waals surface area contributed by atoms with Gasteiger partial charge in [-0.1, -0.05) is 11.6 Å². The molecule has 2 amide bonds. The molecule has 4 heterocycles. The van der Waals surface area contributed by atoms with Crippen LogP contribution in [0.15, 0.2) is 41.3 Å². The van der Waals surface area contributed by atoms with Gasteiger partial charge in [-0.2, -0.15) is 0 Å². The van der Waals surface area contributed by atoms with Gasteiger partial charge >= 0.3 is 0 Å². The second kappa shape index (κ2) is 14.3. The topological polar surface area (TPSA) is 95.9 Å². The van der Waals surface area contributed by atoms with Crippen LogP contribution in [0, 0.1) is 31.5 Å². The molecule has 13 heteroatoms. The monoisotopic (exact) mass is 713 g/mol. The number of carbonyl (C=O) groups is 2. The third-order valence-corrected chi connectivity index (χ3v) is 11.0. The third kappa shape index (κ3) is 7.23. The van der Waals surface area contributed by atoms with E-state index in [-0.39, 0.29) is 30.3 Å². The number of methoxy groups -OCH3 is 1. The number of pyridine rings is 1. The van der Waals surface area contributed by atoms with Crippen molar-refractivity contribution in [2.24, 2.45) is 18.9 Å². The zero-order valence-electron chi connectivity index (χ0n) is 28.8. The SMILES string of the molecule is COc1cc(-c2cn(C)c(=O)c(C)c2C)cc(Cl)c1CN1CCC(C2CCN(c3ccc(N[C@@H]4CCC(=O)NC4=O)cc3F)CC2)C(F)(F)C1. The Balaban J connectivity index is 1.07. The van der Waals surface area contributed by atoms with Crippen LogP contribution in [-0.2, 0) is 23.2 Å². The van der Waals surface area contributed by atoms with Crippen molar-refractivity contribution in [2.45, 2.75) is 64.5 Å². The lowest BCUT2D eigenvalue weighted by Crippen LogP contribution is -2.52. The van der Waals surface area contributed by atoms with Gasteiger partial charge in [0.25, 0.3) is 11.5 Å². The zero-order chi connectivity index (χ0) is 35.9. The van der Waals surface area contributed by atoms with Crippen molar-refractivity contribution < 1.29 is 27.5 Å². The first-order chi connectivity index (χ1) is 23.7. The van der Waals surface area contributed by atoms with Crippen LogP contribution in [0.2, 0.25) is 5.02 Å². The van der Waals surface area contributed by atoms with E-state index in [0.717, 1.165) is 16.7 Å². The maximum atomic E-state index is 15.8. The van der Waals surface area contributed by atoms with Gasteiger partial charge in [0.1, 0.15) is 17.6 Å². The summed E-state index contributed by atoms with van der Waals surface area (Å²) in [5.74, 6) is -4.59. The number of hydrogen-bond donors (Lipinski definition) is 2. The summed E-state index contributed by atoms with van der Waals surface area (Å²) in [5.41, 5.74) is 4.51. The van der Waals surface area contributed by atoms with Gasteiger partial charge in [-0.15, -0.1) is 0 Å². The number of nitrogens with zero attached hydrogens (tertiary/aromatic N) is 3. The smallest absolute Gasteiger partial charge is 0.263 e. The van der Waals surface area contributed by atoms with Gasteiger partial charge in [-0.3, -0.25) is 24.6 Å². The Kier molecular flexibility index (Phi) is 10.2. The van der Waals surface area contributed by atoms with Crippen LogP contribution >= 0.6 is 11.6 Å². The second-order valence-corrected chi connectivity index (χ2v) is 14.3. The fourth-order valence-electron chi connectivity index (χ4n) is 7.76. The Morgan fingerprint density at radius 1 is 1.02 bits per heavy atom. The van der Waals surface area contributed by atoms with E-state index < -0.39 is 36.2 Å². The van der Waals surface area contributed by atoms with Crippen molar-refractivity contribution in [1.29, 1.82) is 0 Å². The van der Waals surface area contributed by atoms with Crippen molar-refractivity contribution in [3.63, 3.8) is 0 Å². The molecule has 0 aliphatic carbocycles. The zero-order valence-corrected chi connectivity index (χ0v) is 29.5. The summed E-state index contributed by atoms with van der Waals surface area (Å²) >= 11 is 6.78. The van der Waals surface area contributed by atoms with Gasteiger partial charge in [0.05, 0.1) is 19.3 Å². The fourth-order valence-corrected chi connectivity index (χ4v) is 8.03. The number of anilines is 2. The second-order valence-electron chi connectivity index (χ2n) is 13.9. The molecule has 3 aliphatic heterocycles. The minimum atomic E-state index is -2.91. The summed E-state index contributed by atoms with van der Waals surface area (Å²) in [5, 5.41) is 5.68. The molecule has 0 radical (unpaired) electrons. The molecule has 3 fully saturated rings. The lowest BCUT2D eigenvalue weighted by molar-refractivity contribution is -0.134. The number of alkyl halides is 2. The molecule has 268 valence electrons. The van der Waals surface area contributed by atoms with Crippen molar-refractivity contribution in [2.75, 3.05) is 43.5 Å². The van der Waals surface area contributed by atoms with Gasteiger partial charge in [0, 0.05) is 72.6 Å². The number of halogens is 4. The lowest BCUT2D eigenvalue weighted by atomic mass is 9.76. The van der Waals surface area contributed by atoms with E-state index >= 15 is 13.2 Å². The molecule has 1 aromatic heterocycles. The average molecular weight is 714 g/mol. The summed E-state index contributed by atoms with van der Waals surface area (Å²) in [6.45, 7) is 4.90. The van der Waals surface area contributed by atoms with Crippen LogP contribution in [0.1, 0.15) is 48.8 Å². The van der Waals surface area contributed by atoms with Gasteiger partial charge in [0.2, 0.25) is 11.8 Å². The summed E-state index contributed by atoms with van der Waals surface area (Å²) in [6, 6.07) is 7.70. The predicted molar refractivity (Wildman–Crippen MR) is 188 cm³/mol. The standard InChI is InChI=1S/C37H43ClF3N5O4/c1-21-22(2)36(49)44(3)18-26(21)24-15-29(38)27(33(16-24)50-4)19-45-12-11-28(37(40,41)20-45)23-9-13-46(14-10-23)32-7-5-25(17-30(32)39)42-31-6-8-34(47)43-35(31)48/h5,7,15-18,23,28,31,42H,6,8-14,19-20H2,1-4H3,(H,43,47,48)/t28?,31-/m1/s1. The molecule has 2 aromatic carbocycles. The quantitative estimate of drug-likeness (QED) is 0.274. The Labute approximate surface area is 294 Å². The molecule has 50 heavy (non-hydrogen) atoms. The molecule has 0 saturated carbocycles. The van der Waals surface area contributed by atoms with Crippen LogP contribution < -0.4 is 25.8 Å². The lowest BCUT2D eigenvalue weighted by Gasteiger charge is -2.45. The number of ether oxygens (including phenoxy) is 1. The maximum Gasteiger partial charge on any atom is 0.263 e. The van der Waals surface area contributed by atoms with Crippen LogP contribution in [0.4, 0.5) is 24.5 Å². The van der Waals surface area contributed by atoms with Gasteiger partial charge in [-0.25, -0.2) is 13.2 Å². The molecule has 0 bridgehead atoms. The summed E-state index contributed by atoms with van der Waals surface area (Å²) in [6.07, 6.45) is 3.71. The van der Waals surface area contributed by atoms with Crippen LogP contribution in [0.3, 0.4) is 0 Å². The molecule has 0 spiro atoms. The fraction of sp³-hybridized carbons (Fsp3) is 0.486. The van der Waals surface area contributed by atoms with E-state index in [9.17, 15) is 14.4 Å². The number of amides is 2. The molecular weight excluding hydrogens is 671 g/mol. The van der Waals surface area contributed by atoms with Gasteiger partial charge in [-0.05, 0) is 93.5 Å². The van der Waals surface area contributed by atoms with Crippen LogP contribution in [-0.4, -0.2) is 66.5 Å². The van der Waals surface area contributed by atoms with Crippen LogP contribution in [0.25, 0.3) is 11.1 Å². The number of aromatic nitrogens is 1. The van der Waals surface area contributed by atoms with E-state index in [1.165, 1.54) is 17.7 Å². The molecule has 3 saturated heterocycles. The minimum absolute atomic E-state index is 0.0717. The molecule has 3 aromatic rings. The van der Waals surface area contributed by atoms with Crippen molar-refractivity contribution >= 4 is 34.8 Å². The highest BCUT2D eigenvalue weighted by molar-refractivity contribution is 6.32. The highest BCUT2D eigenvalue weighted by Gasteiger charge is 2.48. The third-order valence-electron chi connectivity index (χ3n) is 10.7. The Morgan fingerprint density at radius 3 is 2.42 bits per heavy atom. The number of benzene rings is 2. The van der Waals surface area contributed by atoms with Crippen molar-refractivity contribution in [3.05, 3.63) is 74.4 Å². The number of piperidine rings is 3. The summed E-state index contributed by atoms with van der Waals surface area (Å²) in [7, 11) is 3.23. The molecule has 1 unspecified atom stereocenters. The molecule has 3 aliphatic rings. The van der Waals surface area contributed by atoms with Gasteiger partial charge < -0.3 is 19.5 Å². The normalized spacial score (nSPS) is 21.6. The Bertz CT molecular complexity index is 1860. The molecule has 2 N–H and O–H groups in total. The van der Waals surface area contributed by atoms with Crippen molar-refractivity contribution in [1.82, 2.24) is 14.8 Å². The first-order valence-corrected chi connectivity index (χ1v) is 17.4. The number of hydrogen-bond acceptors (Lipinski definition) is 7. The maximum absolute atomic E-state index is 15.8. The Hall–Kier alpha value is -4.03. The summed E-state index contributed by atoms with van der Waals surface area (Å²) in [4.78, 5) is 39.5. The molecule has 9 nitrogen and oxygen atoms in total. The minimum Gasteiger partial charge on any atom is -0.496 e. The molecule has 2 atom stereocenters. The Morgan fingerprint density at radius 2 is 1.76 bits per heavy atom. The van der Waals surface area contributed by atoms with E-state index in [0.29, 0.717) is 78.6 Å². The largest absolute Gasteiger partial charge is 0.496 e. The highest BCUT2D eigenvalue weighted by atomic mass is 35.5. The predicted octanol–water partition coefficient (Wildman–Crippen LogP) is 6.06. The van der Waals surface area contributed by atoms with E-state index in [2.05, 4.69) is 10.6 Å². The molecular formula is C37H43ClF3N5O4. The van der Waals surface area contributed by atoms with Crippen molar-refractivity contribution in [3.8, 4) is 16.9 Å². The first-order valence-electron chi connectivity index (χ1n) is 17.0. The van der Waals surface area contributed by atoms with Gasteiger partial charge in [0.15, 0.2) is 0 Å². The number of aryl methyl sites for hydroxylation is 1. The number of rotatable bonds is 8. The van der Waals surface area contributed by atoms with Crippen LogP contribution in [0.5, 0.6) is 5.75 Å². The summed E-state index contributed by atoms with van der Waals surface area (Å²) < 4.78 is 54.1. The number of nitrogens with one attached hydrogen (secondary N) is 2. The average Bonchev–Trinajstić information content (AvgIpc) is 3.07. The first kappa shape index (κ1) is 35.8. The number of carbonyl (C=O) groups excluding carboxylic acids is 2.